The smallest absolute Gasteiger partial charge is 0.246 e. The maximum Gasteiger partial charge on any atom is 0.246 e. The highest BCUT2D eigenvalue weighted by Gasteiger charge is 2.25. The molecule has 3 aromatic rings. The van der Waals surface area contributed by atoms with Crippen molar-refractivity contribution in [2.75, 3.05) is 18.4 Å². The fourth-order valence-electron chi connectivity index (χ4n) is 3.38. The Labute approximate surface area is 172 Å². The van der Waals surface area contributed by atoms with Crippen LogP contribution in [0.4, 0.5) is 10.9 Å². The van der Waals surface area contributed by atoms with Crippen LogP contribution in [-0.2, 0) is 4.79 Å². The number of rotatable bonds is 5. The van der Waals surface area contributed by atoms with E-state index in [2.05, 4.69) is 25.5 Å². The molecule has 29 heavy (non-hydrogen) atoms. The van der Waals surface area contributed by atoms with Gasteiger partial charge in [-0.25, -0.2) is 9.97 Å². The molecule has 4 rings (SSSR count). The zero-order valence-corrected chi connectivity index (χ0v) is 17.1. The molecule has 3 aromatic heterocycles. The molecule has 0 unspecified atom stereocenters. The molecular weight excluding hydrogens is 388 g/mol. The maximum absolute atomic E-state index is 12.6. The Morgan fingerprint density at radius 3 is 3.00 bits per heavy atom. The first-order valence-corrected chi connectivity index (χ1v) is 10.3. The standard InChI is InChI=1S/C20H22N6O2S/c1-13-21-17(11-18(22-13)23-20-25-24-14(2)29-20)15-5-3-9-26(12-15)19(27)8-7-16-6-4-10-28-16/h4,6-8,10-11,15H,3,5,9,12H2,1-2H3,(H,21,22,23,25)/b8-7+/t15-/m1/s1. The Morgan fingerprint density at radius 2 is 2.24 bits per heavy atom. The largest absolute Gasteiger partial charge is 0.465 e. The lowest BCUT2D eigenvalue weighted by Crippen LogP contribution is -2.38. The van der Waals surface area contributed by atoms with Gasteiger partial charge < -0.3 is 14.6 Å². The number of carbonyl (C=O) groups is 1. The third-order valence-corrected chi connectivity index (χ3v) is 5.46. The third kappa shape index (κ3) is 4.86. The maximum atomic E-state index is 12.6. The molecule has 0 spiro atoms. The van der Waals surface area contributed by atoms with Crippen molar-refractivity contribution in [3.8, 4) is 0 Å². The average Bonchev–Trinajstić information content (AvgIpc) is 3.37. The van der Waals surface area contributed by atoms with Crippen LogP contribution in [-0.4, -0.2) is 44.1 Å². The molecule has 0 aromatic carbocycles. The minimum atomic E-state index is -0.0143. The minimum absolute atomic E-state index is 0.0143. The fourth-order valence-corrected chi connectivity index (χ4v) is 3.98. The number of hydrogen-bond acceptors (Lipinski definition) is 8. The van der Waals surface area contributed by atoms with Crippen LogP contribution in [0.15, 0.2) is 35.0 Å². The number of aryl methyl sites for hydroxylation is 2. The van der Waals surface area contributed by atoms with Gasteiger partial charge in [0.1, 0.15) is 22.4 Å². The summed E-state index contributed by atoms with van der Waals surface area (Å²) in [5.74, 6) is 2.21. The summed E-state index contributed by atoms with van der Waals surface area (Å²) in [6.45, 7) is 5.16. The quantitative estimate of drug-likeness (QED) is 0.641. The van der Waals surface area contributed by atoms with Crippen molar-refractivity contribution in [3.63, 3.8) is 0 Å². The number of nitrogens with one attached hydrogen (secondary N) is 1. The monoisotopic (exact) mass is 410 g/mol. The van der Waals surface area contributed by atoms with Gasteiger partial charge in [0, 0.05) is 31.1 Å². The molecule has 0 bridgehead atoms. The van der Waals surface area contributed by atoms with Gasteiger partial charge >= 0.3 is 0 Å². The number of furan rings is 1. The SMILES string of the molecule is Cc1nc(Nc2nnc(C)s2)cc([C@@H]2CCCN(C(=O)/C=C/c3ccco3)C2)n1. The van der Waals surface area contributed by atoms with Crippen molar-refractivity contribution in [2.45, 2.75) is 32.6 Å². The van der Waals surface area contributed by atoms with E-state index in [0.717, 1.165) is 30.1 Å². The van der Waals surface area contributed by atoms with E-state index in [1.807, 2.05) is 30.9 Å². The van der Waals surface area contributed by atoms with Gasteiger partial charge in [-0.3, -0.25) is 4.79 Å². The van der Waals surface area contributed by atoms with Crippen LogP contribution in [0, 0.1) is 13.8 Å². The molecule has 4 heterocycles. The van der Waals surface area contributed by atoms with Crippen molar-refractivity contribution in [2.24, 2.45) is 0 Å². The molecule has 1 aliphatic heterocycles. The Kier molecular flexibility index (Phi) is 5.66. The molecule has 1 atom stereocenters. The lowest BCUT2D eigenvalue weighted by Gasteiger charge is -2.32. The lowest BCUT2D eigenvalue weighted by atomic mass is 9.94. The molecular formula is C20H22N6O2S. The van der Waals surface area contributed by atoms with Gasteiger partial charge in [0.05, 0.1) is 12.0 Å². The molecule has 0 saturated carbocycles. The van der Waals surface area contributed by atoms with E-state index in [9.17, 15) is 4.79 Å². The summed E-state index contributed by atoms with van der Waals surface area (Å²) in [5.41, 5.74) is 0.939. The van der Waals surface area contributed by atoms with E-state index in [1.165, 1.54) is 11.3 Å². The number of amides is 1. The van der Waals surface area contributed by atoms with Crippen molar-refractivity contribution in [1.82, 2.24) is 25.1 Å². The number of aromatic nitrogens is 4. The highest BCUT2D eigenvalue weighted by molar-refractivity contribution is 7.15. The van der Waals surface area contributed by atoms with Crippen LogP contribution >= 0.6 is 11.3 Å². The average molecular weight is 411 g/mol. The second-order valence-corrected chi connectivity index (χ2v) is 8.13. The second kappa shape index (κ2) is 8.52. The van der Waals surface area contributed by atoms with Crippen LogP contribution in [0.2, 0.25) is 0 Å². The van der Waals surface area contributed by atoms with E-state index >= 15 is 0 Å². The molecule has 8 nitrogen and oxygen atoms in total. The van der Waals surface area contributed by atoms with Gasteiger partial charge in [-0.2, -0.15) is 0 Å². The summed E-state index contributed by atoms with van der Waals surface area (Å²) in [7, 11) is 0. The van der Waals surface area contributed by atoms with Gasteiger partial charge in [0.25, 0.3) is 0 Å². The highest BCUT2D eigenvalue weighted by atomic mass is 32.1. The summed E-state index contributed by atoms with van der Waals surface area (Å²) in [5, 5.41) is 12.9. The van der Waals surface area contributed by atoms with Crippen LogP contribution in [0.5, 0.6) is 0 Å². The first-order chi connectivity index (χ1) is 14.1. The van der Waals surface area contributed by atoms with Gasteiger partial charge in [-0.15, -0.1) is 10.2 Å². The normalized spacial score (nSPS) is 17.0. The Morgan fingerprint density at radius 1 is 1.34 bits per heavy atom. The number of piperidine rings is 1. The topological polar surface area (TPSA) is 97.0 Å². The van der Waals surface area contributed by atoms with E-state index in [-0.39, 0.29) is 11.8 Å². The van der Waals surface area contributed by atoms with Gasteiger partial charge in [0.15, 0.2) is 0 Å². The summed E-state index contributed by atoms with van der Waals surface area (Å²) < 4.78 is 5.25. The van der Waals surface area contributed by atoms with Crippen LogP contribution in [0.3, 0.4) is 0 Å². The summed E-state index contributed by atoms with van der Waals surface area (Å²) >= 11 is 1.48. The van der Waals surface area contributed by atoms with Crippen molar-refractivity contribution in [1.29, 1.82) is 0 Å². The van der Waals surface area contributed by atoms with Gasteiger partial charge in [-0.1, -0.05) is 11.3 Å². The van der Waals surface area contributed by atoms with Crippen molar-refractivity contribution in [3.05, 3.63) is 52.8 Å². The number of hydrogen-bond donors (Lipinski definition) is 1. The fraction of sp³-hybridized carbons (Fsp3) is 0.350. The summed E-state index contributed by atoms with van der Waals surface area (Å²) in [4.78, 5) is 23.5. The Balaban J connectivity index is 1.46. The van der Waals surface area contributed by atoms with E-state index in [1.54, 1.807) is 24.5 Å². The van der Waals surface area contributed by atoms with E-state index in [0.29, 0.717) is 29.1 Å². The third-order valence-electron chi connectivity index (χ3n) is 4.70. The Hall–Kier alpha value is -3.07. The summed E-state index contributed by atoms with van der Waals surface area (Å²) in [6.07, 6.45) is 6.78. The number of carbonyl (C=O) groups excluding carboxylic acids is 1. The summed E-state index contributed by atoms with van der Waals surface area (Å²) in [6, 6.07) is 5.56. The van der Waals surface area contributed by atoms with Gasteiger partial charge in [0.2, 0.25) is 11.0 Å². The molecule has 0 aliphatic carbocycles. The number of nitrogens with zero attached hydrogens (tertiary/aromatic N) is 5. The minimum Gasteiger partial charge on any atom is -0.465 e. The van der Waals surface area contributed by atoms with Crippen molar-refractivity contribution < 1.29 is 9.21 Å². The van der Waals surface area contributed by atoms with Crippen LogP contribution in [0.1, 0.15) is 41.0 Å². The highest BCUT2D eigenvalue weighted by Crippen LogP contribution is 2.28. The van der Waals surface area contributed by atoms with E-state index < -0.39 is 0 Å². The zero-order valence-electron chi connectivity index (χ0n) is 16.3. The zero-order chi connectivity index (χ0) is 20.2. The van der Waals surface area contributed by atoms with Crippen LogP contribution in [0.25, 0.3) is 6.08 Å². The second-order valence-electron chi connectivity index (χ2n) is 6.95. The first-order valence-electron chi connectivity index (χ1n) is 9.50. The molecule has 1 amide bonds. The lowest BCUT2D eigenvalue weighted by molar-refractivity contribution is -0.127. The number of likely N-dealkylation sites (tertiary alicyclic amines) is 1. The first kappa shape index (κ1) is 19.3. The molecule has 150 valence electrons. The predicted molar refractivity (Wildman–Crippen MR) is 111 cm³/mol. The molecule has 1 fully saturated rings. The molecule has 1 aliphatic rings. The molecule has 1 saturated heterocycles. The van der Waals surface area contributed by atoms with Gasteiger partial charge in [-0.05, 0) is 44.9 Å². The number of anilines is 2. The van der Waals surface area contributed by atoms with Crippen molar-refractivity contribution >= 4 is 34.3 Å². The Bertz CT molecular complexity index is 1010. The van der Waals surface area contributed by atoms with Crippen LogP contribution < -0.4 is 5.32 Å². The molecule has 9 heteroatoms. The molecule has 1 N–H and O–H groups in total. The predicted octanol–water partition coefficient (Wildman–Crippen LogP) is 3.70. The van der Waals surface area contributed by atoms with E-state index in [4.69, 9.17) is 4.42 Å². The molecule has 0 radical (unpaired) electrons.